The Morgan fingerprint density at radius 2 is 0.591 bits per heavy atom. The van der Waals surface area contributed by atoms with E-state index in [1.807, 2.05) is 70.5 Å². The molecule has 2 heterocycles. The molecule has 0 amide bonds. The van der Waals surface area contributed by atoms with Crippen molar-refractivity contribution >= 4 is 0 Å². The van der Waals surface area contributed by atoms with Crippen molar-refractivity contribution in [2.24, 2.45) is 0 Å². The Kier molecular flexibility index (Phi) is 8.93. The summed E-state index contributed by atoms with van der Waals surface area (Å²) in [6.07, 6.45) is 8.00. The van der Waals surface area contributed by atoms with Crippen LogP contribution in [0.3, 0.4) is 0 Å². The van der Waals surface area contributed by atoms with E-state index >= 15 is 0 Å². The second-order valence-corrected chi connectivity index (χ2v) is 4.78. The summed E-state index contributed by atoms with van der Waals surface area (Å²) in [4.78, 5) is 0. The number of pyridine rings is 2. The first kappa shape index (κ1) is 20.6. The largest absolute Gasteiger partial charge is 0.242 e. The summed E-state index contributed by atoms with van der Waals surface area (Å²) >= 11 is 0. The molecule has 0 radical (unpaired) electrons. The second-order valence-electron chi connectivity index (χ2n) is 3.27. The van der Waals surface area contributed by atoms with E-state index in [1.54, 1.807) is 0 Å². The van der Waals surface area contributed by atoms with Gasteiger partial charge >= 0.3 is 0 Å². The Labute approximate surface area is 129 Å². The van der Waals surface area contributed by atoms with Gasteiger partial charge in [-0.15, -0.1) is 20.5 Å². The quantitative estimate of drug-likeness (QED) is 0.449. The number of hydrogen-bond acceptors (Lipinski definition) is 8. The van der Waals surface area contributed by atoms with E-state index in [0.29, 0.717) is 0 Å². The zero-order chi connectivity index (χ0) is 17.2. The lowest BCUT2D eigenvalue weighted by Crippen LogP contribution is -2.68. The van der Waals surface area contributed by atoms with Crippen LogP contribution >= 0.6 is 0 Å². The van der Waals surface area contributed by atoms with Crippen LogP contribution in [0.2, 0.25) is 0 Å². The summed E-state index contributed by atoms with van der Waals surface area (Å²) < 4.78 is 71.9. The monoisotopic (exact) mass is 356 g/mol. The van der Waals surface area contributed by atoms with E-state index in [4.69, 9.17) is 37.3 Å². The Morgan fingerprint density at radius 1 is 0.409 bits per heavy atom. The van der Waals surface area contributed by atoms with Crippen LogP contribution in [0.15, 0.2) is 61.2 Å². The molecular weight excluding hydrogens is 347 g/mol. The zero-order valence-corrected chi connectivity index (χ0v) is 12.2. The van der Waals surface area contributed by atoms with E-state index < -0.39 is 20.5 Å². The lowest BCUT2D eigenvalue weighted by Gasteiger charge is -2.17. The van der Waals surface area contributed by atoms with Crippen LogP contribution in [0.4, 0.5) is 0 Å². The maximum atomic E-state index is 8.49. The van der Waals surface area contributed by atoms with Gasteiger partial charge in [-0.2, -0.15) is 0 Å². The van der Waals surface area contributed by atoms with Gasteiger partial charge in [0.15, 0.2) is 0 Å². The highest BCUT2D eigenvalue weighted by Crippen LogP contribution is 1.76. The third-order valence-corrected chi connectivity index (χ3v) is 1.67. The molecule has 0 atom stereocenters. The molecule has 0 saturated carbocycles. The van der Waals surface area contributed by atoms with Gasteiger partial charge in [0, 0.05) is 24.3 Å². The molecule has 2 aromatic rings. The van der Waals surface area contributed by atoms with Crippen LogP contribution in [-0.2, 0) is 0 Å². The lowest BCUT2D eigenvalue weighted by atomic mass is 10.5. The first-order chi connectivity index (χ1) is 9.97. The van der Waals surface area contributed by atoms with Crippen LogP contribution in [-0.4, -0.2) is 0 Å². The molecule has 122 valence electrons. The molecule has 0 aliphatic carbocycles. The van der Waals surface area contributed by atoms with Crippen molar-refractivity contribution in [3.63, 3.8) is 0 Å². The maximum Gasteiger partial charge on any atom is 0.242 e. The molecule has 0 saturated heterocycles. The minimum absolute atomic E-state index is 2.00. The molecule has 0 spiro atoms. The molecule has 0 unspecified atom stereocenters. The number of aromatic nitrogens is 2. The highest BCUT2D eigenvalue weighted by Gasteiger charge is 2.06. The SMILES string of the molecule is [O-][Cl+3]([O-])([O-])[O-].[O-][Cl+3]([O-])([O-])[O-].c1cc[n+](-[n+]2ccccc2)cc1. The molecule has 0 aliphatic rings. The fourth-order valence-corrected chi connectivity index (χ4v) is 1.09. The number of halogens is 2. The summed E-state index contributed by atoms with van der Waals surface area (Å²) in [5, 5.41) is 0. The molecule has 2 rings (SSSR count). The van der Waals surface area contributed by atoms with Gasteiger partial charge in [-0.05, 0) is 12.1 Å². The van der Waals surface area contributed by atoms with Gasteiger partial charge in [0.05, 0.1) is 9.35 Å². The molecule has 0 aromatic carbocycles. The number of hydrogen-bond donors (Lipinski definition) is 0. The van der Waals surface area contributed by atoms with Crippen LogP contribution in [0.1, 0.15) is 0 Å². The lowest BCUT2D eigenvalue weighted by molar-refractivity contribution is -2.00. The van der Waals surface area contributed by atoms with Crippen molar-refractivity contribution < 1.29 is 67.1 Å². The summed E-state index contributed by atoms with van der Waals surface area (Å²) in [5.74, 6) is 0. The van der Waals surface area contributed by atoms with Gasteiger partial charge in [0.1, 0.15) is 0 Å². The van der Waals surface area contributed by atoms with E-state index in [2.05, 4.69) is 0 Å². The first-order valence-corrected chi connectivity index (χ1v) is 7.60. The van der Waals surface area contributed by atoms with Crippen molar-refractivity contribution in [3.8, 4) is 0 Å². The van der Waals surface area contributed by atoms with E-state index in [0.717, 1.165) is 0 Å². The van der Waals surface area contributed by atoms with Gasteiger partial charge in [-0.25, -0.2) is 37.3 Å². The second kappa shape index (κ2) is 9.55. The van der Waals surface area contributed by atoms with Crippen LogP contribution in [0.5, 0.6) is 0 Å². The van der Waals surface area contributed by atoms with Crippen LogP contribution in [0.25, 0.3) is 0 Å². The summed E-state index contributed by atoms with van der Waals surface area (Å²) in [5.41, 5.74) is 0. The van der Waals surface area contributed by atoms with E-state index in [1.165, 1.54) is 0 Å². The predicted octanol–water partition coefficient (Wildman–Crippen LogP) is -8.94. The van der Waals surface area contributed by atoms with Crippen molar-refractivity contribution in [1.82, 2.24) is 0 Å². The van der Waals surface area contributed by atoms with E-state index in [-0.39, 0.29) is 0 Å². The first-order valence-electron chi connectivity index (χ1n) is 5.13. The maximum absolute atomic E-state index is 8.49. The molecule has 12 heteroatoms. The topological polar surface area (TPSA) is 192 Å². The van der Waals surface area contributed by atoms with Gasteiger partial charge < -0.3 is 0 Å². The minimum Gasteiger partial charge on any atom is -0.222 e. The minimum atomic E-state index is -4.94. The third kappa shape index (κ3) is 16.6. The zero-order valence-electron chi connectivity index (χ0n) is 10.7. The van der Waals surface area contributed by atoms with Gasteiger partial charge in [0.2, 0.25) is 24.8 Å². The van der Waals surface area contributed by atoms with E-state index in [9.17, 15) is 0 Å². The summed E-state index contributed by atoms with van der Waals surface area (Å²) in [6, 6.07) is 12.0. The normalized spacial score (nSPS) is 10.7. The Hall–Kier alpha value is -1.44. The van der Waals surface area contributed by atoms with Gasteiger partial charge in [-0.1, -0.05) is 0 Å². The van der Waals surface area contributed by atoms with Crippen molar-refractivity contribution in [1.29, 1.82) is 0 Å². The summed E-state index contributed by atoms with van der Waals surface area (Å²) in [6.45, 7) is 0. The smallest absolute Gasteiger partial charge is 0.222 e. The fourth-order valence-electron chi connectivity index (χ4n) is 1.09. The molecule has 0 aliphatic heterocycles. The van der Waals surface area contributed by atoms with Crippen molar-refractivity contribution in [3.05, 3.63) is 61.2 Å². The molecular formula is C10H10Cl2N2O8. The third-order valence-electron chi connectivity index (χ3n) is 1.67. The average Bonchev–Trinajstić information content (AvgIpc) is 2.37. The molecule has 0 bridgehead atoms. The number of nitrogens with zero attached hydrogens (tertiary/aromatic N) is 2. The Bertz CT molecular complexity index is 456. The average molecular weight is 357 g/mol. The van der Waals surface area contributed by atoms with Crippen LogP contribution in [0, 0.1) is 20.5 Å². The Morgan fingerprint density at radius 3 is 0.773 bits per heavy atom. The number of rotatable bonds is 1. The fraction of sp³-hybridized carbons (Fsp3) is 0. The molecule has 0 fully saturated rings. The summed E-state index contributed by atoms with van der Waals surface area (Å²) in [7, 11) is -9.89. The van der Waals surface area contributed by atoms with Gasteiger partial charge in [0.25, 0.3) is 0 Å². The molecule has 2 aromatic heterocycles. The molecule has 0 N–H and O–H groups in total. The van der Waals surface area contributed by atoms with Crippen molar-refractivity contribution in [2.75, 3.05) is 0 Å². The highest BCUT2D eigenvalue weighted by atomic mass is 35.7. The van der Waals surface area contributed by atoms with Gasteiger partial charge in [-0.3, -0.25) is 0 Å². The predicted molar refractivity (Wildman–Crippen MR) is 44.1 cm³/mol. The van der Waals surface area contributed by atoms with Crippen molar-refractivity contribution in [2.45, 2.75) is 0 Å². The molecule has 10 nitrogen and oxygen atoms in total. The molecule has 22 heavy (non-hydrogen) atoms. The van der Waals surface area contributed by atoms with Crippen LogP contribution < -0.4 is 46.6 Å². The highest BCUT2D eigenvalue weighted by molar-refractivity contribution is 4.84. The standard InChI is InChI=1S/C10H10N2.2ClHO4/c1-3-7-11(8-4-1)12-9-5-2-6-10-12;2*2-1(3,4)5/h1-10H;2*(H,2,3,4,5)/q+2;;/p-2. The Balaban J connectivity index is 0.000000372.